The van der Waals surface area contributed by atoms with Crippen molar-refractivity contribution in [2.24, 2.45) is 0 Å². The molecule has 2 aliphatic rings. The lowest BCUT2D eigenvalue weighted by atomic mass is 9.96. The summed E-state index contributed by atoms with van der Waals surface area (Å²) in [4.78, 5) is 15.0. The number of carbonyl (C=O) groups excluding carboxylic acids is 1. The third kappa shape index (κ3) is 3.07. The number of carbonyl (C=O) groups is 1. The Bertz CT molecular complexity index is 1080. The van der Waals surface area contributed by atoms with Crippen LogP contribution < -0.4 is 4.74 Å². The molecule has 1 aromatic heterocycles. The highest BCUT2D eigenvalue weighted by molar-refractivity contribution is 6.16. The summed E-state index contributed by atoms with van der Waals surface area (Å²) in [5.41, 5.74) is 2.22. The van der Waals surface area contributed by atoms with Gasteiger partial charge in [-0.15, -0.1) is 0 Å². The number of rotatable bonds is 4. The van der Waals surface area contributed by atoms with E-state index in [-0.39, 0.29) is 12.1 Å². The van der Waals surface area contributed by atoms with Crippen LogP contribution in [-0.2, 0) is 16.0 Å². The van der Waals surface area contributed by atoms with Crippen molar-refractivity contribution in [2.75, 3.05) is 26.5 Å². The predicted molar refractivity (Wildman–Crippen MR) is 109 cm³/mol. The molecule has 152 valence electrons. The van der Waals surface area contributed by atoms with Crippen LogP contribution in [0.5, 0.6) is 5.75 Å². The van der Waals surface area contributed by atoms with Crippen LogP contribution in [0.3, 0.4) is 0 Å². The van der Waals surface area contributed by atoms with Gasteiger partial charge in [0.25, 0.3) is 0 Å². The fourth-order valence-electron chi connectivity index (χ4n) is 4.56. The first-order chi connectivity index (χ1) is 14.2. The molecule has 1 saturated heterocycles. The van der Waals surface area contributed by atoms with E-state index in [0.29, 0.717) is 31.2 Å². The Kier molecular flexibility index (Phi) is 4.68. The molecule has 0 aliphatic carbocycles. The lowest BCUT2D eigenvalue weighted by Crippen LogP contribution is -2.37. The van der Waals surface area contributed by atoms with Crippen molar-refractivity contribution in [3.63, 3.8) is 0 Å². The smallest absolute Gasteiger partial charge is 0.342 e. The minimum absolute atomic E-state index is 0.242. The van der Waals surface area contributed by atoms with Crippen LogP contribution in [0.15, 0.2) is 28.7 Å². The maximum atomic E-state index is 12.8. The molecule has 1 atom stereocenters. The molecule has 2 aliphatic heterocycles. The van der Waals surface area contributed by atoms with Crippen molar-refractivity contribution in [3.05, 3.63) is 41.2 Å². The van der Waals surface area contributed by atoms with Crippen molar-refractivity contribution < 1.29 is 23.4 Å². The largest absolute Gasteiger partial charge is 0.477 e. The molecule has 3 heterocycles. The summed E-state index contributed by atoms with van der Waals surface area (Å²) in [7, 11) is 0. The summed E-state index contributed by atoms with van der Waals surface area (Å²) in [6.45, 7) is 6.80. The number of esters is 1. The molecule has 3 aromatic rings. The summed E-state index contributed by atoms with van der Waals surface area (Å²) in [6, 6.07) is 8.03. The molecular formula is C23H25NO5. The number of fused-ring (bicyclic) bond motifs is 6. The molecular weight excluding hydrogens is 370 g/mol. The van der Waals surface area contributed by atoms with Crippen molar-refractivity contribution in [3.8, 4) is 5.75 Å². The number of benzene rings is 2. The average molecular weight is 395 g/mol. The average Bonchev–Trinajstić information content (AvgIpc) is 3.35. The number of nitrogens with zero attached hydrogens (tertiary/aromatic N) is 1. The van der Waals surface area contributed by atoms with Crippen molar-refractivity contribution >= 4 is 27.7 Å². The summed E-state index contributed by atoms with van der Waals surface area (Å²) < 4.78 is 23.5. The Morgan fingerprint density at radius 1 is 1.28 bits per heavy atom. The summed E-state index contributed by atoms with van der Waals surface area (Å²) >= 11 is 0. The quantitative estimate of drug-likeness (QED) is 0.610. The van der Waals surface area contributed by atoms with Crippen LogP contribution in [0, 0.1) is 6.92 Å². The van der Waals surface area contributed by atoms with E-state index in [1.165, 1.54) is 0 Å². The van der Waals surface area contributed by atoms with Gasteiger partial charge in [-0.25, -0.2) is 4.79 Å². The first kappa shape index (κ1) is 18.5. The van der Waals surface area contributed by atoms with Gasteiger partial charge >= 0.3 is 5.97 Å². The van der Waals surface area contributed by atoms with Crippen LogP contribution in [-0.4, -0.2) is 43.5 Å². The zero-order chi connectivity index (χ0) is 20.0. The number of hydrogen-bond donors (Lipinski definition) is 0. The molecule has 0 spiro atoms. The zero-order valence-electron chi connectivity index (χ0n) is 16.8. The fourth-order valence-corrected chi connectivity index (χ4v) is 4.56. The number of hydrogen-bond acceptors (Lipinski definition) is 6. The molecule has 0 bridgehead atoms. The molecule has 2 aromatic carbocycles. The third-order valence-corrected chi connectivity index (χ3v) is 5.82. The van der Waals surface area contributed by atoms with Crippen molar-refractivity contribution in [2.45, 2.75) is 39.3 Å². The highest BCUT2D eigenvalue weighted by Crippen LogP contribution is 2.44. The lowest BCUT2D eigenvalue weighted by Gasteiger charge is -2.31. The third-order valence-electron chi connectivity index (χ3n) is 5.82. The van der Waals surface area contributed by atoms with E-state index < -0.39 is 0 Å². The fraction of sp³-hybridized carbons (Fsp3) is 0.435. The Morgan fingerprint density at radius 3 is 2.86 bits per heavy atom. The molecule has 1 unspecified atom stereocenters. The van der Waals surface area contributed by atoms with Gasteiger partial charge in [0.1, 0.15) is 29.4 Å². The maximum absolute atomic E-state index is 12.8. The van der Waals surface area contributed by atoms with Crippen LogP contribution in [0.2, 0.25) is 0 Å². The molecule has 0 radical (unpaired) electrons. The molecule has 0 saturated carbocycles. The lowest BCUT2D eigenvalue weighted by molar-refractivity contribution is 0.0290. The van der Waals surface area contributed by atoms with Gasteiger partial charge in [0.05, 0.1) is 12.7 Å². The molecule has 6 heteroatoms. The normalized spacial score (nSPS) is 19.4. The van der Waals surface area contributed by atoms with Crippen LogP contribution in [0.4, 0.5) is 0 Å². The minimum Gasteiger partial charge on any atom is -0.477 e. The van der Waals surface area contributed by atoms with E-state index in [1.807, 2.05) is 38.1 Å². The van der Waals surface area contributed by atoms with E-state index in [4.69, 9.17) is 18.6 Å². The topological polar surface area (TPSA) is 61.1 Å². The summed E-state index contributed by atoms with van der Waals surface area (Å²) in [5.74, 6) is 1.06. The van der Waals surface area contributed by atoms with Crippen LogP contribution in [0.25, 0.3) is 21.7 Å². The first-order valence-corrected chi connectivity index (χ1v) is 10.3. The highest BCUT2D eigenvalue weighted by Gasteiger charge is 2.31. The first-order valence-electron chi connectivity index (χ1n) is 10.3. The van der Waals surface area contributed by atoms with Gasteiger partial charge < -0.3 is 18.6 Å². The molecule has 29 heavy (non-hydrogen) atoms. The Morgan fingerprint density at radius 2 is 2.10 bits per heavy atom. The van der Waals surface area contributed by atoms with Gasteiger partial charge in [0.15, 0.2) is 0 Å². The van der Waals surface area contributed by atoms with Gasteiger partial charge in [-0.05, 0) is 26.7 Å². The van der Waals surface area contributed by atoms with Crippen molar-refractivity contribution in [1.82, 2.24) is 4.90 Å². The Balaban J connectivity index is 1.68. The van der Waals surface area contributed by atoms with Gasteiger partial charge in [-0.3, -0.25) is 4.90 Å². The zero-order valence-corrected chi connectivity index (χ0v) is 16.8. The van der Waals surface area contributed by atoms with Crippen LogP contribution in [0.1, 0.15) is 41.4 Å². The predicted octanol–water partition coefficient (Wildman–Crippen LogP) is 4.40. The highest BCUT2D eigenvalue weighted by atomic mass is 16.5. The van der Waals surface area contributed by atoms with Gasteiger partial charge in [-0.1, -0.05) is 24.3 Å². The Hall–Kier alpha value is -2.57. The minimum atomic E-state index is -0.350. The van der Waals surface area contributed by atoms with E-state index in [9.17, 15) is 4.79 Å². The molecule has 5 rings (SSSR count). The number of furan rings is 1. The van der Waals surface area contributed by atoms with Gasteiger partial charge in [0.2, 0.25) is 0 Å². The Labute approximate surface area is 169 Å². The standard InChI is InChI=1S/C23H25NO5/c1-3-26-23(25)19-14(2)29-22-17-9-5-4-8-16(17)21-18(20(19)22)12-24(13-28-21)11-15-7-6-10-27-15/h4-5,8-9,15H,3,6-7,10-13H2,1-2H3. The van der Waals surface area contributed by atoms with E-state index in [0.717, 1.165) is 59.0 Å². The summed E-state index contributed by atoms with van der Waals surface area (Å²) in [5, 5.41) is 2.77. The van der Waals surface area contributed by atoms with Gasteiger partial charge in [0, 0.05) is 41.4 Å². The molecule has 0 N–H and O–H groups in total. The van der Waals surface area contributed by atoms with Crippen LogP contribution >= 0.6 is 0 Å². The van der Waals surface area contributed by atoms with E-state index >= 15 is 0 Å². The second-order valence-electron chi connectivity index (χ2n) is 7.73. The second-order valence-corrected chi connectivity index (χ2v) is 7.73. The monoisotopic (exact) mass is 395 g/mol. The molecule has 6 nitrogen and oxygen atoms in total. The maximum Gasteiger partial charge on any atom is 0.342 e. The number of aryl methyl sites for hydroxylation is 1. The molecule has 1 fully saturated rings. The van der Waals surface area contributed by atoms with E-state index in [1.54, 1.807) is 0 Å². The SMILES string of the molecule is CCOC(=O)c1c(C)oc2c1c1c(c3ccccc32)OCN(CC2CCCO2)C1. The van der Waals surface area contributed by atoms with Gasteiger partial charge in [-0.2, -0.15) is 0 Å². The molecule has 0 amide bonds. The van der Waals surface area contributed by atoms with E-state index in [2.05, 4.69) is 4.90 Å². The summed E-state index contributed by atoms with van der Waals surface area (Å²) in [6.07, 6.45) is 2.43. The number of ether oxygens (including phenoxy) is 3. The van der Waals surface area contributed by atoms with Crippen molar-refractivity contribution in [1.29, 1.82) is 0 Å². The second kappa shape index (κ2) is 7.35.